The monoisotopic (exact) mass is 612 g/mol. The number of ether oxygens (including phenoxy) is 4. The lowest BCUT2D eigenvalue weighted by molar-refractivity contribution is -0.0989. The molecule has 1 fully saturated rings. The molecule has 2 aromatic heterocycles. The molecule has 3 heterocycles. The van der Waals surface area contributed by atoms with Crippen molar-refractivity contribution in [2.24, 2.45) is 0 Å². The Hall–Kier alpha value is -5.13. The fraction of sp³-hybridized carbons (Fsp3) is 0.188. The first-order valence-corrected chi connectivity index (χ1v) is 14.0. The number of aromatic nitrogens is 4. The first kappa shape index (κ1) is 29.0. The van der Waals surface area contributed by atoms with E-state index in [2.05, 4.69) is 15.0 Å². The summed E-state index contributed by atoms with van der Waals surface area (Å²) in [6.45, 7) is 1.23. The Balaban J connectivity index is 1.41. The van der Waals surface area contributed by atoms with Gasteiger partial charge in [0.1, 0.15) is 24.6 Å². The lowest BCUT2D eigenvalue weighted by atomic mass is 9.93. The number of hydrogen-bond donors (Lipinski definition) is 0. The number of carbonyl (C=O) groups is 3. The fourth-order valence-electron chi connectivity index (χ4n) is 4.97. The zero-order valence-corrected chi connectivity index (χ0v) is 24.0. The molecule has 0 radical (unpaired) electrons. The number of benzene rings is 3. The Morgan fingerprint density at radius 2 is 1.39 bits per heavy atom. The molecule has 222 valence electrons. The molecule has 3 aromatic carbocycles. The number of fused-ring (bicyclic) bond motifs is 1. The molecular formula is C32H25ClN4O7. The van der Waals surface area contributed by atoms with Gasteiger partial charge in [0.05, 0.1) is 23.0 Å². The lowest BCUT2D eigenvalue weighted by Crippen LogP contribution is -2.52. The Bertz CT molecular complexity index is 1800. The number of hydrogen-bond acceptors (Lipinski definition) is 10. The van der Waals surface area contributed by atoms with Crippen molar-refractivity contribution < 1.29 is 33.3 Å². The minimum Gasteiger partial charge on any atom is -0.459 e. The van der Waals surface area contributed by atoms with E-state index in [0.29, 0.717) is 5.56 Å². The van der Waals surface area contributed by atoms with Gasteiger partial charge in [0, 0.05) is 0 Å². The third-order valence-corrected chi connectivity index (χ3v) is 7.57. The van der Waals surface area contributed by atoms with E-state index in [1.54, 1.807) is 97.9 Å². The number of imidazole rings is 1. The highest BCUT2D eigenvalue weighted by molar-refractivity contribution is 6.33. The third-order valence-electron chi connectivity index (χ3n) is 7.30. The predicted octanol–water partition coefficient (Wildman–Crippen LogP) is 5.08. The first-order valence-electron chi connectivity index (χ1n) is 13.6. The van der Waals surface area contributed by atoms with Crippen LogP contribution in [0.15, 0.2) is 104 Å². The molecule has 1 aliphatic heterocycles. The first-order chi connectivity index (χ1) is 21.3. The molecule has 0 N–H and O–H groups in total. The smallest absolute Gasteiger partial charge is 0.338 e. The van der Waals surface area contributed by atoms with Gasteiger partial charge in [-0.1, -0.05) is 66.2 Å². The molecule has 12 heteroatoms. The quantitative estimate of drug-likeness (QED) is 0.133. The van der Waals surface area contributed by atoms with Crippen LogP contribution in [0.2, 0.25) is 5.15 Å². The van der Waals surface area contributed by atoms with Crippen LogP contribution in [0.5, 0.6) is 0 Å². The summed E-state index contributed by atoms with van der Waals surface area (Å²) in [5, 5.41) is 0.108. The van der Waals surface area contributed by atoms with E-state index in [9.17, 15) is 14.4 Å². The molecule has 1 aliphatic rings. The van der Waals surface area contributed by atoms with Crippen LogP contribution in [0.4, 0.5) is 0 Å². The van der Waals surface area contributed by atoms with E-state index in [-0.39, 0.29) is 34.1 Å². The van der Waals surface area contributed by atoms with Gasteiger partial charge in [-0.2, -0.15) is 0 Å². The van der Waals surface area contributed by atoms with Crippen LogP contribution < -0.4 is 0 Å². The van der Waals surface area contributed by atoms with Gasteiger partial charge in [-0.15, -0.1) is 0 Å². The highest BCUT2D eigenvalue weighted by Gasteiger charge is 2.60. The molecule has 4 atom stereocenters. The van der Waals surface area contributed by atoms with Gasteiger partial charge in [-0.05, 0) is 43.3 Å². The molecule has 0 unspecified atom stereocenters. The molecule has 0 amide bonds. The zero-order valence-electron chi connectivity index (χ0n) is 23.3. The average Bonchev–Trinajstić information content (AvgIpc) is 3.60. The summed E-state index contributed by atoms with van der Waals surface area (Å²) in [6.07, 6.45) is -0.827. The summed E-state index contributed by atoms with van der Waals surface area (Å²) in [4.78, 5) is 52.4. The van der Waals surface area contributed by atoms with Crippen molar-refractivity contribution >= 4 is 40.7 Å². The normalized spacial score (nSPS) is 21.1. The maximum atomic E-state index is 13.5. The standard InChI is InChI=1S/C32H25ClN4O7/c1-32(44-31(40)22-15-9-4-10-16-22)23(17-41-29(38)20-11-5-2-6-12-20)42-28(25(32)43-30(39)21-13-7-3-8-14-21)37-19-36-24-26(33)34-18-35-27(24)37/h2-16,18-19,23,25,28H,17H2,1H3/t23-,25+,28-,32-/m1/s1. The summed E-state index contributed by atoms with van der Waals surface area (Å²) in [5.74, 6) is -2.00. The molecule has 1 saturated heterocycles. The van der Waals surface area contributed by atoms with Crippen molar-refractivity contribution in [3.05, 3.63) is 125 Å². The molecule has 5 aromatic rings. The molecule has 0 saturated carbocycles. The zero-order chi connectivity index (χ0) is 30.7. The van der Waals surface area contributed by atoms with Crippen LogP contribution in [0.3, 0.4) is 0 Å². The Morgan fingerprint density at radius 1 is 0.818 bits per heavy atom. The van der Waals surface area contributed by atoms with Crippen molar-refractivity contribution in [2.45, 2.75) is 31.0 Å². The van der Waals surface area contributed by atoms with Gasteiger partial charge in [0.15, 0.2) is 28.7 Å². The summed E-state index contributed by atoms with van der Waals surface area (Å²) in [6, 6.07) is 25.1. The van der Waals surface area contributed by atoms with Crippen molar-refractivity contribution in [3.8, 4) is 0 Å². The maximum absolute atomic E-state index is 13.5. The summed E-state index contributed by atoms with van der Waals surface area (Å²) in [7, 11) is 0. The van der Waals surface area contributed by atoms with Gasteiger partial charge < -0.3 is 18.9 Å². The van der Waals surface area contributed by atoms with Crippen LogP contribution in [-0.4, -0.2) is 61.8 Å². The largest absolute Gasteiger partial charge is 0.459 e. The maximum Gasteiger partial charge on any atom is 0.338 e. The van der Waals surface area contributed by atoms with E-state index < -0.39 is 41.9 Å². The van der Waals surface area contributed by atoms with Gasteiger partial charge in [-0.25, -0.2) is 29.3 Å². The van der Waals surface area contributed by atoms with E-state index in [1.165, 1.54) is 17.2 Å². The van der Waals surface area contributed by atoms with Crippen LogP contribution in [-0.2, 0) is 18.9 Å². The number of rotatable bonds is 8. The molecule has 44 heavy (non-hydrogen) atoms. The second-order valence-corrected chi connectivity index (χ2v) is 10.5. The van der Waals surface area contributed by atoms with Crippen LogP contribution in [0.1, 0.15) is 44.2 Å². The van der Waals surface area contributed by atoms with Crippen molar-refractivity contribution in [1.82, 2.24) is 19.5 Å². The number of carbonyl (C=O) groups excluding carboxylic acids is 3. The van der Waals surface area contributed by atoms with Crippen molar-refractivity contribution in [2.75, 3.05) is 6.61 Å². The Labute approximate surface area is 256 Å². The van der Waals surface area contributed by atoms with Crippen molar-refractivity contribution in [3.63, 3.8) is 0 Å². The van der Waals surface area contributed by atoms with Crippen molar-refractivity contribution in [1.29, 1.82) is 0 Å². The van der Waals surface area contributed by atoms with Gasteiger partial charge in [-0.3, -0.25) is 4.57 Å². The second kappa shape index (κ2) is 12.2. The molecule has 0 bridgehead atoms. The van der Waals surface area contributed by atoms with Gasteiger partial charge >= 0.3 is 17.9 Å². The molecule has 0 aliphatic carbocycles. The summed E-state index contributed by atoms with van der Waals surface area (Å²) >= 11 is 6.26. The fourth-order valence-corrected chi connectivity index (χ4v) is 5.14. The van der Waals surface area contributed by atoms with Gasteiger partial charge in [0.25, 0.3) is 0 Å². The minimum absolute atomic E-state index is 0.108. The molecule has 11 nitrogen and oxygen atoms in total. The Kier molecular flexibility index (Phi) is 8.05. The van der Waals surface area contributed by atoms with E-state index >= 15 is 0 Å². The highest BCUT2D eigenvalue weighted by atomic mass is 35.5. The average molecular weight is 613 g/mol. The molecular weight excluding hydrogens is 588 g/mol. The minimum atomic E-state index is -1.67. The third kappa shape index (κ3) is 5.62. The summed E-state index contributed by atoms with van der Waals surface area (Å²) in [5.41, 5.74) is -0.251. The van der Waals surface area contributed by atoms with E-state index in [4.69, 9.17) is 30.5 Å². The Morgan fingerprint density at radius 3 is 2.00 bits per heavy atom. The van der Waals surface area contributed by atoms with E-state index in [1.807, 2.05) is 0 Å². The number of halogens is 1. The van der Waals surface area contributed by atoms with E-state index in [0.717, 1.165) is 0 Å². The highest BCUT2D eigenvalue weighted by Crippen LogP contribution is 2.44. The lowest BCUT2D eigenvalue weighted by Gasteiger charge is -2.34. The van der Waals surface area contributed by atoms with Crippen LogP contribution >= 0.6 is 11.6 Å². The number of esters is 3. The van der Waals surface area contributed by atoms with Crippen LogP contribution in [0, 0.1) is 0 Å². The van der Waals surface area contributed by atoms with Crippen LogP contribution in [0.25, 0.3) is 11.2 Å². The topological polar surface area (TPSA) is 132 Å². The molecule has 0 spiro atoms. The SMILES string of the molecule is C[C@@]1(OC(=O)c2ccccc2)[C@@H](COC(=O)c2ccccc2)O[C@@H](n2cnc3c(Cl)ncnc32)[C@@H]1OC(=O)c1ccccc1. The molecule has 6 rings (SSSR count). The second-order valence-electron chi connectivity index (χ2n) is 10.1. The number of nitrogens with zero attached hydrogens (tertiary/aromatic N) is 4. The summed E-state index contributed by atoms with van der Waals surface area (Å²) < 4.78 is 25.8. The predicted molar refractivity (Wildman–Crippen MR) is 157 cm³/mol. The van der Waals surface area contributed by atoms with Gasteiger partial charge in [0.2, 0.25) is 0 Å².